The third kappa shape index (κ3) is 3.82. The molecule has 0 radical (unpaired) electrons. The van der Waals surface area contributed by atoms with Crippen LogP contribution in [0.2, 0.25) is 0 Å². The van der Waals surface area contributed by atoms with Gasteiger partial charge < -0.3 is 9.97 Å². The lowest BCUT2D eigenvalue weighted by atomic mass is 10.1. The van der Waals surface area contributed by atoms with Crippen molar-refractivity contribution in [2.24, 2.45) is 0 Å². The fourth-order valence-corrected chi connectivity index (χ4v) is 6.31. The number of hydrogen-bond donors (Lipinski definition) is 4. The molecule has 0 aliphatic rings. The second-order valence-electron chi connectivity index (χ2n) is 8.68. The molecule has 0 saturated heterocycles. The van der Waals surface area contributed by atoms with Gasteiger partial charge in [-0.3, -0.25) is 18.9 Å². The zero-order valence-corrected chi connectivity index (χ0v) is 20.9. The van der Waals surface area contributed by atoms with Crippen molar-refractivity contribution >= 4 is 69.4 Å². The predicted molar refractivity (Wildman–Crippen MR) is 145 cm³/mol. The number of anilines is 1. The average molecular weight is 548 g/mol. The Bertz CT molecular complexity index is 2290. The molecule has 38 heavy (non-hydrogen) atoms. The average Bonchev–Trinajstić information content (AvgIpc) is 2.88. The highest BCUT2D eigenvalue weighted by atomic mass is 32.2. The van der Waals surface area contributed by atoms with Crippen molar-refractivity contribution in [3.63, 3.8) is 0 Å². The number of aromatic amines is 2. The van der Waals surface area contributed by atoms with Crippen LogP contribution < -0.4 is 15.6 Å². The van der Waals surface area contributed by atoms with Gasteiger partial charge in [-0.1, -0.05) is 18.2 Å². The predicted octanol–water partition coefficient (Wildman–Crippen LogP) is 3.72. The number of nitrogens with one attached hydrogen (secondary N) is 3. The van der Waals surface area contributed by atoms with Gasteiger partial charge in [-0.2, -0.15) is 8.42 Å². The Balaban J connectivity index is 1.55. The van der Waals surface area contributed by atoms with Crippen LogP contribution in [0, 0.1) is 0 Å². The smallest absolute Gasteiger partial charge is 0.294 e. The van der Waals surface area contributed by atoms with Crippen LogP contribution >= 0.6 is 0 Å². The van der Waals surface area contributed by atoms with Crippen LogP contribution in [-0.2, 0) is 20.1 Å². The summed E-state index contributed by atoms with van der Waals surface area (Å²) < 4.78 is 60.6. The number of pyridine rings is 2. The molecule has 0 saturated carbocycles. The van der Waals surface area contributed by atoms with Gasteiger partial charge in [-0.25, -0.2) is 8.42 Å². The van der Waals surface area contributed by atoms with Crippen LogP contribution in [0.1, 0.15) is 0 Å². The molecule has 0 fully saturated rings. The second kappa shape index (κ2) is 8.25. The normalized spacial score (nSPS) is 12.4. The van der Waals surface area contributed by atoms with Gasteiger partial charge in [0, 0.05) is 27.4 Å². The molecule has 0 aliphatic heterocycles. The Hall–Kier alpha value is -4.52. The van der Waals surface area contributed by atoms with Crippen molar-refractivity contribution in [2.75, 3.05) is 4.72 Å². The first-order valence-electron chi connectivity index (χ1n) is 11.2. The van der Waals surface area contributed by atoms with E-state index in [0.717, 1.165) is 12.1 Å². The number of para-hydroxylation sites is 1. The highest BCUT2D eigenvalue weighted by Gasteiger charge is 2.22. The first-order chi connectivity index (χ1) is 18.0. The first-order valence-corrected chi connectivity index (χ1v) is 14.1. The summed E-state index contributed by atoms with van der Waals surface area (Å²) in [6.45, 7) is 0. The standard InChI is InChI=1S/C26H17N3O7S2/c30-25-16-4-1-2-5-19(16)27-21-13-18-22(12-17(21)25)28-20-6-3-7-23(24(20)26(18)31)37(32,33)29-14-8-10-15(11-9-14)38(34,35)36/h1-13,29H,(H,27,30)(H,28,31)(H,34,35,36). The summed E-state index contributed by atoms with van der Waals surface area (Å²) in [5, 5.41) is 0.997. The fraction of sp³-hybridized carbons (Fsp3) is 0. The van der Waals surface area contributed by atoms with Crippen LogP contribution in [0.25, 0.3) is 43.6 Å². The van der Waals surface area contributed by atoms with Gasteiger partial charge >= 0.3 is 0 Å². The van der Waals surface area contributed by atoms with Crippen molar-refractivity contribution in [1.29, 1.82) is 0 Å². The van der Waals surface area contributed by atoms with Gasteiger partial charge in [0.15, 0.2) is 10.9 Å². The highest BCUT2D eigenvalue weighted by molar-refractivity contribution is 7.93. The molecule has 190 valence electrons. The second-order valence-corrected chi connectivity index (χ2v) is 11.8. The SMILES string of the molecule is O=c1c2ccccc2[nH]c2cc3c(=O)c4c(S(=O)(=O)Nc5ccc(S(=O)(=O)O)cc5)cccc4[nH]c3cc12. The maximum absolute atomic E-state index is 13.7. The quantitative estimate of drug-likeness (QED) is 0.193. The van der Waals surface area contributed by atoms with Gasteiger partial charge in [0.2, 0.25) is 0 Å². The molecule has 12 heteroatoms. The van der Waals surface area contributed by atoms with Crippen molar-refractivity contribution in [1.82, 2.24) is 9.97 Å². The van der Waals surface area contributed by atoms with Gasteiger partial charge in [-0.15, -0.1) is 0 Å². The number of fused-ring (bicyclic) bond motifs is 4. The largest absolute Gasteiger partial charge is 0.354 e. The van der Waals surface area contributed by atoms with E-state index in [0.29, 0.717) is 27.3 Å². The maximum atomic E-state index is 13.7. The number of aromatic nitrogens is 2. The zero-order chi connectivity index (χ0) is 26.8. The molecule has 0 unspecified atom stereocenters. The lowest BCUT2D eigenvalue weighted by Gasteiger charge is -2.12. The van der Waals surface area contributed by atoms with Crippen LogP contribution in [0.4, 0.5) is 5.69 Å². The van der Waals surface area contributed by atoms with E-state index in [1.807, 2.05) is 0 Å². The van der Waals surface area contributed by atoms with Gasteiger partial charge in [-0.05, 0) is 60.7 Å². The Morgan fingerprint density at radius 3 is 1.92 bits per heavy atom. The zero-order valence-electron chi connectivity index (χ0n) is 19.2. The minimum Gasteiger partial charge on any atom is -0.354 e. The number of sulfonamides is 1. The third-order valence-corrected chi connectivity index (χ3v) is 8.60. The van der Waals surface area contributed by atoms with E-state index in [4.69, 9.17) is 4.55 Å². The Kier molecular flexibility index (Phi) is 5.18. The summed E-state index contributed by atoms with van der Waals surface area (Å²) >= 11 is 0. The van der Waals surface area contributed by atoms with Crippen LogP contribution in [0.3, 0.4) is 0 Å². The lowest BCUT2D eigenvalue weighted by molar-refractivity contribution is 0.483. The van der Waals surface area contributed by atoms with E-state index < -0.39 is 30.5 Å². The molecule has 6 aromatic rings. The van der Waals surface area contributed by atoms with Crippen LogP contribution in [0.15, 0.2) is 98.2 Å². The third-order valence-electron chi connectivity index (χ3n) is 6.30. The van der Waals surface area contributed by atoms with Crippen LogP contribution in [-0.4, -0.2) is 31.4 Å². The molecule has 0 aliphatic carbocycles. The molecule has 0 atom stereocenters. The molecule has 6 rings (SSSR count). The maximum Gasteiger partial charge on any atom is 0.294 e. The van der Waals surface area contributed by atoms with Crippen molar-refractivity contribution < 1.29 is 21.4 Å². The van der Waals surface area contributed by atoms with E-state index in [1.54, 1.807) is 36.4 Å². The Morgan fingerprint density at radius 1 is 0.632 bits per heavy atom. The summed E-state index contributed by atoms with van der Waals surface area (Å²) in [6.07, 6.45) is 0. The fourth-order valence-electron chi connectivity index (χ4n) is 4.54. The molecule has 4 aromatic carbocycles. The van der Waals surface area contributed by atoms with Gasteiger partial charge in [0.05, 0.1) is 26.8 Å². The monoisotopic (exact) mass is 547 g/mol. The summed E-state index contributed by atoms with van der Waals surface area (Å²) in [5.41, 5.74) is 0.951. The minimum atomic E-state index is -4.45. The first kappa shape index (κ1) is 23.9. The summed E-state index contributed by atoms with van der Waals surface area (Å²) in [7, 11) is -8.74. The molecule has 2 aromatic heterocycles. The number of H-pyrrole nitrogens is 2. The van der Waals surface area contributed by atoms with Crippen molar-refractivity contribution in [3.8, 4) is 0 Å². The molecule has 4 N–H and O–H groups in total. The number of benzene rings is 4. The van der Waals surface area contributed by atoms with E-state index in [2.05, 4.69) is 14.7 Å². The number of hydrogen-bond acceptors (Lipinski definition) is 6. The van der Waals surface area contributed by atoms with Crippen LogP contribution in [0.5, 0.6) is 0 Å². The Morgan fingerprint density at radius 2 is 1.24 bits per heavy atom. The summed E-state index contributed by atoms with van der Waals surface area (Å²) in [5.74, 6) is 0. The molecular weight excluding hydrogens is 530 g/mol. The molecule has 0 spiro atoms. The summed E-state index contributed by atoms with van der Waals surface area (Å²) in [6, 6.07) is 18.9. The van der Waals surface area contributed by atoms with Crippen molar-refractivity contribution in [2.45, 2.75) is 9.79 Å². The summed E-state index contributed by atoms with van der Waals surface area (Å²) in [4.78, 5) is 32.3. The molecule has 0 amide bonds. The minimum absolute atomic E-state index is 0.0297. The molecule has 2 heterocycles. The van der Waals surface area contributed by atoms with Gasteiger partial charge in [0.1, 0.15) is 4.90 Å². The van der Waals surface area contributed by atoms with E-state index in [9.17, 15) is 26.4 Å². The topological polar surface area (TPSA) is 166 Å². The van der Waals surface area contributed by atoms with Crippen molar-refractivity contribution in [3.05, 3.63) is 99.3 Å². The molecule has 0 bridgehead atoms. The van der Waals surface area contributed by atoms with E-state index >= 15 is 0 Å². The molecular formula is C26H17N3O7S2. The Labute approximate surface area is 214 Å². The van der Waals surface area contributed by atoms with E-state index in [-0.39, 0.29) is 32.3 Å². The van der Waals surface area contributed by atoms with Gasteiger partial charge in [0.25, 0.3) is 20.1 Å². The van der Waals surface area contributed by atoms with E-state index in [1.165, 1.54) is 30.3 Å². The molecule has 10 nitrogen and oxygen atoms in total. The number of rotatable bonds is 4. The lowest BCUT2D eigenvalue weighted by Crippen LogP contribution is -2.17. The highest BCUT2D eigenvalue weighted by Crippen LogP contribution is 2.26.